The van der Waals surface area contributed by atoms with Crippen molar-refractivity contribution in [2.45, 2.75) is 38.6 Å². The predicted molar refractivity (Wildman–Crippen MR) is 86.5 cm³/mol. The van der Waals surface area contributed by atoms with Crippen molar-refractivity contribution in [3.05, 3.63) is 47.2 Å². The number of hydrogen-bond acceptors (Lipinski definition) is 3. The third kappa shape index (κ3) is 3.96. The average molecular weight is 284 g/mol. The van der Waals surface area contributed by atoms with Gasteiger partial charge in [0.1, 0.15) is 5.75 Å². The van der Waals surface area contributed by atoms with Crippen LogP contribution in [0.15, 0.2) is 36.4 Å². The van der Waals surface area contributed by atoms with Gasteiger partial charge in [-0.15, -0.1) is 0 Å². The van der Waals surface area contributed by atoms with Crippen molar-refractivity contribution in [1.82, 2.24) is 5.06 Å². The van der Waals surface area contributed by atoms with Gasteiger partial charge in [-0.3, -0.25) is 0 Å². The molecule has 2 aromatic carbocycles. The molecule has 0 aromatic heterocycles. The number of ether oxygens (including phenoxy) is 1. The number of fused-ring (bicyclic) bond motifs is 1. The molecule has 0 saturated carbocycles. The summed E-state index contributed by atoms with van der Waals surface area (Å²) in [5.41, 5.74) is 1.28. The fourth-order valence-corrected chi connectivity index (χ4v) is 2.68. The minimum Gasteiger partial charge on any atom is -0.785 e. The molecule has 2 atom stereocenters. The van der Waals surface area contributed by atoms with E-state index in [-0.39, 0.29) is 0 Å². The van der Waals surface area contributed by atoms with Crippen LogP contribution < -0.4 is 4.74 Å². The van der Waals surface area contributed by atoms with Crippen LogP contribution in [0.5, 0.6) is 5.75 Å². The molecular weight excluding hydrogens is 262 g/mol. The average Bonchev–Trinajstić information content (AvgIpc) is 3.18. The molecule has 0 amide bonds. The first kappa shape index (κ1) is 14.4. The Morgan fingerprint density at radius 1 is 1.10 bits per heavy atom. The van der Waals surface area contributed by atoms with Crippen molar-refractivity contribution in [2.75, 3.05) is 13.2 Å². The SMILES string of the molecule is Cc1ccc2cc(OCCCCCC3CN3[O-])ccc2c1. The maximum absolute atomic E-state index is 10.8. The zero-order valence-electron chi connectivity index (χ0n) is 12.5. The number of unbranched alkanes of at least 4 members (excludes halogenated alkanes) is 2. The normalized spacial score (nSPS) is 20.7. The maximum Gasteiger partial charge on any atom is 0.119 e. The highest BCUT2D eigenvalue weighted by Crippen LogP contribution is 2.23. The fourth-order valence-electron chi connectivity index (χ4n) is 2.68. The number of hydroxylamine groups is 2. The molecule has 1 aliphatic heterocycles. The van der Waals surface area contributed by atoms with Gasteiger partial charge < -0.3 is 15.0 Å². The van der Waals surface area contributed by atoms with E-state index in [0.29, 0.717) is 6.04 Å². The van der Waals surface area contributed by atoms with Gasteiger partial charge in [0, 0.05) is 12.6 Å². The van der Waals surface area contributed by atoms with Crippen LogP contribution in [0, 0.1) is 12.1 Å². The second-order valence-corrected chi connectivity index (χ2v) is 5.96. The summed E-state index contributed by atoms with van der Waals surface area (Å²) in [6, 6.07) is 13.0. The van der Waals surface area contributed by atoms with Crippen LogP contribution in [0.1, 0.15) is 31.2 Å². The largest absolute Gasteiger partial charge is 0.785 e. The second-order valence-electron chi connectivity index (χ2n) is 5.96. The Kier molecular flexibility index (Phi) is 4.42. The molecule has 3 rings (SSSR count). The molecule has 1 heterocycles. The van der Waals surface area contributed by atoms with E-state index in [9.17, 15) is 5.21 Å². The van der Waals surface area contributed by atoms with Crippen LogP contribution in [0.3, 0.4) is 0 Å². The third-order valence-corrected chi connectivity index (χ3v) is 4.08. The summed E-state index contributed by atoms with van der Waals surface area (Å²) >= 11 is 0. The Bertz CT molecular complexity index is 611. The van der Waals surface area contributed by atoms with Crippen molar-refractivity contribution in [2.24, 2.45) is 0 Å². The van der Waals surface area contributed by atoms with Crippen molar-refractivity contribution in [1.29, 1.82) is 0 Å². The smallest absolute Gasteiger partial charge is 0.119 e. The molecule has 0 aliphatic carbocycles. The summed E-state index contributed by atoms with van der Waals surface area (Å²) < 4.78 is 5.82. The first-order valence-corrected chi connectivity index (χ1v) is 7.79. The molecule has 21 heavy (non-hydrogen) atoms. The van der Waals surface area contributed by atoms with Crippen molar-refractivity contribution >= 4 is 10.8 Å². The molecule has 3 heteroatoms. The van der Waals surface area contributed by atoms with Crippen LogP contribution in [-0.4, -0.2) is 24.3 Å². The van der Waals surface area contributed by atoms with Crippen LogP contribution in [0.25, 0.3) is 10.8 Å². The Balaban J connectivity index is 1.41. The van der Waals surface area contributed by atoms with Crippen molar-refractivity contribution in [3.63, 3.8) is 0 Å². The molecule has 0 bridgehead atoms. The molecule has 0 N–H and O–H groups in total. The molecule has 2 unspecified atom stereocenters. The topological polar surface area (TPSA) is 35.3 Å². The molecule has 1 saturated heterocycles. The fraction of sp³-hybridized carbons (Fsp3) is 0.444. The van der Waals surface area contributed by atoms with Gasteiger partial charge in [0.15, 0.2) is 0 Å². The molecule has 0 spiro atoms. The summed E-state index contributed by atoms with van der Waals surface area (Å²) in [6.45, 7) is 3.60. The quantitative estimate of drug-likeness (QED) is 0.562. The molecule has 2 aromatic rings. The predicted octanol–water partition coefficient (Wildman–Crippen LogP) is 4.27. The van der Waals surface area contributed by atoms with E-state index in [4.69, 9.17) is 4.74 Å². The van der Waals surface area contributed by atoms with Gasteiger partial charge in [0.2, 0.25) is 0 Å². The molecule has 1 fully saturated rings. The van der Waals surface area contributed by atoms with E-state index in [2.05, 4.69) is 37.3 Å². The summed E-state index contributed by atoms with van der Waals surface area (Å²) in [7, 11) is 0. The van der Waals surface area contributed by atoms with E-state index < -0.39 is 0 Å². The number of nitrogens with zero attached hydrogens (tertiary/aromatic N) is 1. The lowest BCUT2D eigenvalue weighted by Gasteiger charge is -2.08. The Morgan fingerprint density at radius 2 is 1.86 bits per heavy atom. The van der Waals surface area contributed by atoms with Crippen LogP contribution in [-0.2, 0) is 0 Å². The minimum absolute atomic E-state index is 0.315. The minimum atomic E-state index is 0.315. The number of rotatable bonds is 7. The molecule has 3 nitrogen and oxygen atoms in total. The van der Waals surface area contributed by atoms with Gasteiger partial charge in [0.25, 0.3) is 0 Å². The van der Waals surface area contributed by atoms with Gasteiger partial charge >= 0.3 is 0 Å². The summed E-state index contributed by atoms with van der Waals surface area (Å²) in [5, 5.41) is 14.5. The number of hydrogen-bond donors (Lipinski definition) is 0. The highest BCUT2D eigenvalue weighted by molar-refractivity contribution is 5.84. The van der Waals surface area contributed by atoms with E-state index >= 15 is 0 Å². The van der Waals surface area contributed by atoms with E-state index in [1.54, 1.807) is 0 Å². The number of aryl methyl sites for hydroxylation is 1. The zero-order chi connectivity index (χ0) is 14.7. The Hall–Kier alpha value is -1.58. The van der Waals surface area contributed by atoms with Gasteiger partial charge in [0.05, 0.1) is 6.61 Å². The zero-order valence-corrected chi connectivity index (χ0v) is 12.5. The lowest BCUT2D eigenvalue weighted by atomic mass is 10.1. The monoisotopic (exact) mass is 284 g/mol. The lowest BCUT2D eigenvalue weighted by Crippen LogP contribution is -1.98. The second kappa shape index (κ2) is 6.46. The maximum atomic E-state index is 10.8. The highest BCUT2D eigenvalue weighted by atomic mass is 16.5. The van der Waals surface area contributed by atoms with Crippen LogP contribution >= 0.6 is 0 Å². The highest BCUT2D eigenvalue weighted by Gasteiger charge is 2.22. The first-order valence-electron chi connectivity index (χ1n) is 7.79. The van der Waals surface area contributed by atoms with Gasteiger partial charge in [-0.05, 0) is 42.7 Å². The first-order chi connectivity index (χ1) is 10.2. The third-order valence-electron chi connectivity index (χ3n) is 4.08. The summed E-state index contributed by atoms with van der Waals surface area (Å²) in [4.78, 5) is 0. The molecule has 1 aliphatic rings. The number of benzene rings is 2. The van der Waals surface area contributed by atoms with E-state index in [1.807, 2.05) is 6.07 Å². The van der Waals surface area contributed by atoms with Crippen molar-refractivity contribution in [3.8, 4) is 5.75 Å². The Labute approximate surface area is 126 Å². The molecule has 112 valence electrons. The summed E-state index contributed by atoms with van der Waals surface area (Å²) in [5.74, 6) is 0.944. The lowest BCUT2D eigenvalue weighted by molar-refractivity contribution is 0.304. The van der Waals surface area contributed by atoms with Gasteiger partial charge in [-0.25, -0.2) is 0 Å². The standard InChI is InChI=1S/C18H22NO2/c1-14-6-7-16-12-18(9-8-15(16)11-14)21-10-4-2-3-5-17-13-19(17)20/h6-9,11-12,17H,2-5,10,13H2,1H3/q-1. The summed E-state index contributed by atoms with van der Waals surface area (Å²) in [6.07, 6.45) is 4.36. The molecular formula is C18H22NO2-. The van der Waals surface area contributed by atoms with Gasteiger partial charge in [-0.2, -0.15) is 0 Å². The van der Waals surface area contributed by atoms with E-state index in [1.165, 1.54) is 16.3 Å². The Morgan fingerprint density at radius 3 is 2.67 bits per heavy atom. The van der Waals surface area contributed by atoms with Crippen LogP contribution in [0.2, 0.25) is 0 Å². The van der Waals surface area contributed by atoms with Gasteiger partial charge in [-0.1, -0.05) is 42.7 Å². The van der Waals surface area contributed by atoms with Crippen molar-refractivity contribution < 1.29 is 4.74 Å². The molecule has 0 radical (unpaired) electrons. The van der Waals surface area contributed by atoms with Crippen LogP contribution in [0.4, 0.5) is 0 Å². The van der Waals surface area contributed by atoms with E-state index in [0.717, 1.165) is 49.6 Å².